The molecule has 0 fully saturated rings. The van der Waals surface area contributed by atoms with E-state index in [2.05, 4.69) is 5.32 Å². The van der Waals surface area contributed by atoms with Gasteiger partial charge >= 0.3 is 0 Å². The van der Waals surface area contributed by atoms with Gasteiger partial charge in [0.15, 0.2) is 5.82 Å². The van der Waals surface area contributed by atoms with Crippen LogP contribution in [0.3, 0.4) is 0 Å². The molecule has 0 aliphatic carbocycles. The number of benzene rings is 2. The van der Waals surface area contributed by atoms with Crippen LogP contribution in [0.4, 0.5) is 10.1 Å². The number of hydrogen-bond acceptors (Lipinski definition) is 2. The van der Waals surface area contributed by atoms with Gasteiger partial charge in [-0.15, -0.1) is 11.8 Å². The van der Waals surface area contributed by atoms with Gasteiger partial charge in [0.2, 0.25) is 5.91 Å². The molecule has 2 nitrogen and oxygen atoms in total. The molecule has 0 aliphatic heterocycles. The maximum atomic E-state index is 13.7. The second kappa shape index (κ2) is 6.77. The van der Waals surface area contributed by atoms with Crippen molar-refractivity contribution in [3.8, 4) is 0 Å². The molecule has 0 aromatic heterocycles. The van der Waals surface area contributed by atoms with Crippen molar-refractivity contribution in [2.75, 3.05) is 5.32 Å². The van der Waals surface area contributed by atoms with E-state index in [1.165, 1.54) is 23.9 Å². The summed E-state index contributed by atoms with van der Waals surface area (Å²) < 4.78 is 13.7. The highest BCUT2D eigenvalue weighted by Crippen LogP contribution is 2.26. The Morgan fingerprint density at radius 3 is 2.60 bits per heavy atom. The molecular formula is C15H13ClFNOS. The Kier molecular flexibility index (Phi) is 5.04. The molecule has 0 saturated heterocycles. The lowest BCUT2D eigenvalue weighted by Crippen LogP contribution is -2.22. The van der Waals surface area contributed by atoms with Gasteiger partial charge in [-0.3, -0.25) is 4.79 Å². The number of thioether (sulfide) groups is 1. The number of hydrogen-bond donors (Lipinski definition) is 1. The van der Waals surface area contributed by atoms with Gasteiger partial charge in [-0.05, 0) is 31.2 Å². The van der Waals surface area contributed by atoms with Crippen LogP contribution >= 0.6 is 23.4 Å². The monoisotopic (exact) mass is 309 g/mol. The van der Waals surface area contributed by atoms with E-state index in [9.17, 15) is 9.18 Å². The van der Waals surface area contributed by atoms with Crippen molar-refractivity contribution < 1.29 is 9.18 Å². The van der Waals surface area contributed by atoms with Crippen LogP contribution in [0, 0.1) is 5.82 Å². The third-order valence-corrected chi connectivity index (χ3v) is 4.04. The minimum atomic E-state index is -0.612. The van der Waals surface area contributed by atoms with Crippen LogP contribution in [0.15, 0.2) is 53.4 Å². The molecule has 0 spiro atoms. The Morgan fingerprint density at radius 2 is 1.90 bits per heavy atom. The van der Waals surface area contributed by atoms with Crippen molar-refractivity contribution in [1.82, 2.24) is 0 Å². The van der Waals surface area contributed by atoms with Gasteiger partial charge in [0.05, 0.1) is 16.0 Å². The molecule has 20 heavy (non-hydrogen) atoms. The van der Waals surface area contributed by atoms with Gasteiger partial charge in [-0.25, -0.2) is 4.39 Å². The predicted octanol–water partition coefficient (Wildman–Crippen LogP) is 4.60. The van der Waals surface area contributed by atoms with Crippen molar-refractivity contribution in [2.45, 2.75) is 17.1 Å². The predicted molar refractivity (Wildman–Crippen MR) is 81.8 cm³/mol. The third-order valence-electron chi connectivity index (χ3n) is 2.63. The van der Waals surface area contributed by atoms with Crippen LogP contribution in [0.2, 0.25) is 5.02 Å². The summed E-state index contributed by atoms with van der Waals surface area (Å²) in [7, 11) is 0. The molecule has 1 amide bonds. The van der Waals surface area contributed by atoms with Gasteiger partial charge < -0.3 is 5.32 Å². The first-order valence-electron chi connectivity index (χ1n) is 6.04. The Balaban J connectivity index is 2.03. The van der Waals surface area contributed by atoms with Gasteiger partial charge in [-0.2, -0.15) is 0 Å². The van der Waals surface area contributed by atoms with Gasteiger partial charge in [0.25, 0.3) is 0 Å². The third kappa shape index (κ3) is 3.74. The van der Waals surface area contributed by atoms with Crippen LogP contribution in [-0.2, 0) is 4.79 Å². The van der Waals surface area contributed by atoms with E-state index in [1.54, 1.807) is 13.0 Å². The highest BCUT2D eigenvalue weighted by atomic mass is 35.5. The molecule has 0 aliphatic rings. The summed E-state index contributed by atoms with van der Waals surface area (Å²) in [6, 6.07) is 14.1. The van der Waals surface area contributed by atoms with Crippen molar-refractivity contribution in [1.29, 1.82) is 0 Å². The Hall–Kier alpha value is -1.52. The van der Waals surface area contributed by atoms with E-state index in [0.29, 0.717) is 0 Å². The maximum Gasteiger partial charge on any atom is 0.237 e. The zero-order chi connectivity index (χ0) is 14.5. The molecule has 1 N–H and O–H groups in total. The van der Waals surface area contributed by atoms with E-state index >= 15 is 0 Å². The lowest BCUT2D eigenvalue weighted by molar-refractivity contribution is -0.115. The molecule has 5 heteroatoms. The molecule has 2 aromatic rings. The van der Waals surface area contributed by atoms with E-state index < -0.39 is 5.82 Å². The van der Waals surface area contributed by atoms with Crippen molar-refractivity contribution in [3.05, 3.63) is 59.4 Å². The topological polar surface area (TPSA) is 29.1 Å². The van der Waals surface area contributed by atoms with E-state index in [4.69, 9.17) is 11.6 Å². The highest BCUT2D eigenvalue weighted by molar-refractivity contribution is 8.00. The number of carbonyl (C=O) groups excluding carboxylic acids is 1. The molecule has 1 unspecified atom stereocenters. The van der Waals surface area contributed by atoms with Crippen LogP contribution < -0.4 is 5.32 Å². The summed E-state index contributed by atoms with van der Waals surface area (Å²) in [6.07, 6.45) is 0. The standard InChI is InChI=1S/C15H13ClFNOS/c1-10(20-11-6-3-2-4-7-11)15(19)18-13-9-5-8-12(16)14(13)17/h2-10H,1H3,(H,18,19). The Bertz CT molecular complexity index is 606. The molecule has 0 saturated carbocycles. The molecule has 2 rings (SSSR count). The maximum absolute atomic E-state index is 13.7. The Labute approximate surface area is 126 Å². The van der Waals surface area contributed by atoms with Crippen molar-refractivity contribution in [2.24, 2.45) is 0 Å². The number of halogens is 2. The summed E-state index contributed by atoms with van der Waals surface area (Å²) in [6.45, 7) is 1.77. The number of amides is 1. The van der Waals surface area contributed by atoms with Crippen LogP contribution in [-0.4, -0.2) is 11.2 Å². The number of nitrogens with one attached hydrogen (secondary N) is 1. The normalized spacial score (nSPS) is 11.9. The molecule has 0 bridgehead atoms. The smallest absolute Gasteiger partial charge is 0.237 e. The fourth-order valence-corrected chi connectivity index (χ4v) is 2.65. The summed E-state index contributed by atoms with van der Waals surface area (Å²) in [5.41, 5.74) is 0.100. The van der Waals surface area contributed by atoms with E-state index in [1.807, 2.05) is 30.3 Å². The first kappa shape index (κ1) is 14.9. The van der Waals surface area contributed by atoms with Gasteiger partial charge in [0, 0.05) is 4.90 Å². The second-order valence-corrected chi connectivity index (χ2v) is 5.99. The zero-order valence-electron chi connectivity index (χ0n) is 10.8. The zero-order valence-corrected chi connectivity index (χ0v) is 12.3. The largest absolute Gasteiger partial charge is 0.323 e. The number of anilines is 1. The van der Waals surface area contributed by atoms with Crippen LogP contribution in [0.25, 0.3) is 0 Å². The quantitative estimate of drug-likeness (QED) is 0.836. The molecular weight excluding hydrogens is 297 g/mol. The van der Waals surface area contributed by atoms with Crippen molar-refractivity contribution >= 4 is 35.0 Å². The fourth-order valence-electron chi connectivity index (χ4n) is 1.59. The number of rotatable bonds is 4. The van der Waals surface area contributed by atoms with E-state index in [-0.39, 0.29) is 21.9 Å². The molecule has 0 heterocycles. The number of carbonyl (C=O) groups is 1. The summed E-state index contributed by atoms with van der Waals surface area (Å²) >= 11 is 7.09. The fraction of sp³-hybridized carbons (Fsp3) is 0.133. The van der Waals surface area contributed by atoms with Crippen LogP contribution in [0.1, 0.15) is 6.92 Å². The molecule has 2 aromatic carbocycles. The first-order chi connectivity index (χ1) is 9.58. The first-order valence-corrected chi connectivity index (χ1v) is 7.30. The minimum Gasteiger partial charge on any atom is -0.323 e. The molecule has 104 valence electrons. The lowest BCUT2D eigenvalue weighted by Gasteiger charge is -2.12. The minimum absolute atomic E-state index is 0.00818. The average Bonchev–Trinajstić information content (AvgIpc) is 2.45. The van der Waals surface area contributed by atoms with Gasteiger partial charge in [0.1, 0.15) is 0 Å². The SMILES string of the molecule is CC(Sc1ccccc1)C(=O)Nc1cccc(Cl)c1F. The second-order valence-electron chi connectivity index (χ2n) is 4.16. The average molecular weight is 310 g/mol. The summed E-state index contributed by atoms with van der Waals surface area (Å²) in [4.78, 5) is 13.0. The van der Waals surface area contributed by atoms with Crippen LogP contribution in [0.5, 0.6) is 0 Å². The van der Waals surface area contributed by atoms with E-state index in [0.717, 1.165) is 4.90 Å². The van der Waals surface area contributed by atoms with Crippen molar-refractivity contribution in [3.63, 3.8) is 0 Å². The van der Waals surface area contributed by atoms with Gasteiger partial charge in [-0.1, -0.05) is 35.9 Å². The molecule has 1 atom stereocenters. The highest BCUT2D eigenvalue weighted by Gasteiger charge is 2.16. The Morgan fingerprint density at radius 1 is 1.20 bits per heavy atom. The lowest BCUT2D eigenvalue weighted by atomic mass is 10.3. The molecule has 0 radical (unpaired) electrons. The summed E-state index contributed by atoms with van der Waals surface area (Å²) in [5, 5.41) is 2.21. The summed E-state index contributed by atoms with van der Waals surface area (Å²) in [5.74, 6) is -0.876.